The molecule has 9 nitrogen and oxygen atoms in total. The van der Waals surface area contributed by atoms with Crippen LogP contribution in [0.25, 0.3) is 0 Å². The van der Waals surface area contributed by atoms with Gasteiger partial charge in [0.25, 0.3) is 0 Å². The second-order valence-corrected chi connectivity index (χ2v) is 18.2. The van der Waals surface area contributed by atoms with E-state index in [0.717, 1.165) is 36.1 Å². The molecule has 0 radical (unpaired) electrons. The van der Waals surface area contributed by atoms with E-state index < -0.39 is 25.6 Å². The molecule has 1 aliphatic heterocycles. The van der Waals surface area contributed by atoms with Crippen LogP contribution in [-0.2, 0) is 23.3 Å². The molecule has 1 aliphatic carbocycles. The van der Waals surface area contributed by atoms with Gasteiger partial charge in [-0.25, -0.2) is 9.59 Å². The smallest absolute Gasteiger partial charge is 0.335 e. The first-order chi connectivity index (χ1) is 19.3. The van der Waals surface area contributed by atoms with Crippen LogP contribution in [0.3, 0.4) is 0 Å². The highest BCUT2D eigenvalue weighted by Gasteiger charge is 2.54. The molecule has 4 N–H and O–H groups in total. The number of nitrogens with zero attached hydrogens (tertiary/aromatic N) is 2. The number of carboxylic acids is 1. The topological polar surface area (TPSA) is 127 Å². The summed E-state index contributed by atoms with van der Waals surface area (Å²) in [5.74, 6) is -0.468. The van der Waals surface area contributed by atoms with Crippen LogP contribution in [-0.4, -0.2) is 46.2 Å². The molecule has 216 valence electrons. The highest BCUT2D eigenvalue weighted by molar-refractivity contribution is 6.83. The van der Waals surface area contributed by atoms with Gasteiger partial charge in [0, 0.05) is 10.6 Å². The van der Waals surface area contributed by atoms with E-state index in [1.165, 1.54) is 0 Å². The normalized spacial score (nSPS) is 17.7. The number of carboxylic acid groups (broad SMARTS) is 1. The van der Waals surface area contributed by atoms with E-state index >= 15 is 0 Å². The summed E-state index contributed by atoms with van der Waals surface area (Å²) in [6, 6.07) is 15.7. The predicted octanol–water partition coefficient (Wildman–Crippen LogP) is 6.05. The molecule has 1 fully saturated rings. The first-order valence-electron chi connectivity index (χ1n) is 14.2. The minimum atomic E-state index is -1.76. The molecule has 3 amide bonds. The number of urea groups is 1. The van der Waals surface area contributed by atoms with Gasteiger partial charge in [0.1, 0.15) is 0 Å². The number of hydrogen-bond acceptors (Lipinski definition) is 4. The van der Waals surface area contributed by atoms with Crippen LogP contribution < -0.4 is 10.6 Å². The molecular weight excluding hydrogens is 534 g/mol. The first-order valence-corrected chi connectivity index (χ1v) is 17.7. The van der Waals surface area contributed by atoms with E-state index in [1.807, 2.05) is 44.2 Å². The number of anilines is 1. The number of H-pyrrole nitrogens is 1. The number of benzene rings is 2. The fraction of sp³-hybridized carbons (Fsp3) is 0.419. The zero-order chi connectivity index (χ0) is 29.6. The zero-order valence-corrected chi connectivity index (χ0v) is 25.4. The number of nitrogens with one attached hydrogen (secondary N) is 3. The Morgan fingerprint density at radius 1 is 1.05 bits per heavy atom. The molecule has 2 heterocycles. The number of aromatic nitrogens is 2. The Labute approximate surface area is 241 Å². The third kappa shape index (κ3) is 5.05. The highest BCUT2D eigenvalue weighted by atomic mass is 28.3. The molecule has 1 saturated carbocycles. The quantitative estimate of drug-likeness (QED) is 0.244. The van der Waals surface area contributed by atoms with Gasteiger partial charge in [-0.2, -0.15) is 5.10 Å². The number of carbonyl (C=O) groups is 3. The number of aromatic amines is 1. The van der Waals surface area contributed by atoms with Crippen LogP contribution in [0.2, 0.25) is 24.7 Å². The van der Waals surface area contributed by atoms with Crippen LogP contribution in [0, 0.1) is 0 Å². The van der Waals surface area contributed by atoms with Crippen molar-refractivity contribution in [3.8, 4) is 0 Å². The van der Waals surface area contributed by atoms with E-state index in [4.69, 9.17) is 0 Å². The third-order valence-electron chi connectivity index (χ3n) is 9.20. The first kappa shape index (κ1) is 28.6. The van der Waals surface area contributed by atoms with E-state index in [2.05, 4.69) is 40.5 Å². The highest BCUT2D eigenvalue weighted by Crippen LogP contribution is 2.56. The van der Waals surface area contributed by atoms with E-state index in [9.17, 15) is 19.5 Å². The largest absolute Gasteiger partial charge is 0.478 e. The van der Waals surface area contributed by atoms with E-state index in [1.54, 1.807) is 29.2 Å². The number of hydrogen-bond donors (Lipinski definition) is 4. The zero-order valence-electron chi connectivity index (χ0n) is 24.4. The summed E-state index contributed by atoms with van der Waals surface area (Å²) < 4.78 is 0. The van der Waals surface area contributed by atoms with Crippen molar-refractivity contribution in [2.75, 3.05) is 5.32 Å². The summed E-state index contributed by atoms with van der Waals surface area (Å²) >= 11 is 0. The standard InChI is InChI=1S/C31H39N5O4Si/c1-30(2)25-23(26(35-34-25)33-28(39)31(16-11-17-31)41(3,4)5)19-36(30)29(40)32-24(20-12-7-6-8-13-20)18-21-14-9-10-15-22(21)27(37)38/h6-10,12-15,24H,11,16-19H2,1-5H3,(H,32,40)(H,37,38)(H2,33,34,35,39)/t24-/m0/s1. The molecule has 10 heteroatoms. The maximum absolute atomic E-state index is 13.9. The predicted molar refractivity (Wildman–Crippen MR) is 160 cm³/mol. The van der Waals surface area contributed by atoms with Crippen molar-refractivity contribution in [1.29, 1.82) is 0 Å². The lowest BCUT2D eigenvalue weighted by atomic mass is 9.83. The number of rotatable bonds is 8. The molecule has 41 heavy (non-hydrogen) atoms. The summed E-state index contributed by atoms with van der Waals surface area (Å²) in [7, 11) is -1.76. The van der Waals surface area contributed by atoms with Crippen molar-refractivity contribution in [2.24, 2.45) is 0 Å². The van der Waals surface area contributed by atoms with Crippen LogP contribution in [0.4, 0.5) is 10.6 Å². The molecule has 1 atom stereocenters. The van der Waals surface area contributed by atoms with Crippen molar-refractivity contribution in [3.05, 3.63) is 82.5 Å². The molecule has 2 aromatic carbocycles. The molecule has 0 saturated heterocycles. The SMILES string of the molecule is CC1(C)c2[nH]nc(NC(=O)C3([Si](C)(C)C)CCC3)c2CN1C(=O)N[C@@H](Cc1ccccc1C(=O)O)c1ccccc1. The fourth-order valence-electron chi connectivity index (χ4n) is 6.31. The summed E-state index contributed by atoms with van der Waals surface area (Å²) in [5.41, 5.74) is 2.64. The second-order valence-electron chi connectivity index (χ2n) is 12.8. The lowest BCUT2D eigenvalue weighted by Crippen LogP contribution is -2.52. The van der Waals surface area contributed by atoms with Gasteiger partial charge < -0.3 is 20.6 Å². The van der Waals surface area contributed by atoms with Gasteiger partial charge in [-0.1, -0.05) is 74.6 Å². The van der Waals surface area contributed by atoms with Crippen LogP contribution >= 0.6 is 0 Å². The fourth-order valence-corrected chi connectivity index (χ4v) is 8.91. The van der Waals surface area contributed by atoms with Crippen molar-refractivity contribution in [3.63, 3.8) is 0 Å². The average Bonchev–Trinajstić information content (AvgIpc) is 3.40. The summed E-state index contributed by atoms with van der Waals surface area (Å²) in [4.78, 5) is 41.0. The van der Waals surface area contributed by atoms with E-state index in [-0.39, 0.29) is 29.1 Å². The molecule has 0 unspecified atom stereocenters. The maximum Gasteiger partial charge on any atom is 0.335 e. The minimum Gasteiger partial charge on any atom is -0.478 e. The Bertz CT molecular complexity index is 1470. The molecule has 1 aromatic heterocycles. The van der Waals surface area contributed by atoms with Gasteiger partial charge in [-0.15, -0.1) is 0 Å². The maximum atomic E-state index is 13.9. The Kier molecular flexibility index (Phi) is 7.31. The lowest BCUT2D eigenvalue weighted by Gasteiger charge is -2.48. The number of fused-ring (bicyclic) bond motifs is 1. The Morgan fingerprint density at radius 2 is 1.71 bits per heavy atom. The minimum absolute atomic E-state index is 0.0409. The molecular formula is C31H39N5O4Si. The second kappa shape index (κ2) is 10.5. The van der Waals surface area contributed by atoms with E-state index in [0.29, 0.717) is 17.8 Å². The van der Waals surface area contributed by atoms with Crippen molar-refractivity contribution in [2.45, 2.75) is 82.3 Å². The van der Waals surface area contributed by atoms with Gasteiger partial charge in [0.2, 0.25) is 5.91 Å². The molecule has 5 rings (SSSR count). The lowest BCUT2D eigenvalue weighted by molar-refractivity contribution is -0.121. The Balaban J connectivity index is 1.38. The number of amides is 3. The van der Waals surface area contributed by atoms with Crippen molar-refractivity contribution >= 4 is 31.8 Å². The average molecular weight is 574 g/mol. The summed E-state index contributed by atoms with van der Waals surface area (Å²) in [5, 5.41) is 23.3. The Hall–Kier alpha value is -3.92. The summed E-state index contributed by atoms with van der Waals surface area (Å²) in [6.07, 6.45) is 3.20. The number of carbonyl (C=O) groups excluding carboxylic acids is 2. The van der Waals surface area contributed by atoms with Gasteiger partial charge in [0.05, 0.1) is 37.5 Å². The van der Waals surface area contributed by atoms with Crippen molar-refractivity contribution < 1.29 is 19.5 Å². The Morgan fingerprint density at radius 3 is 2.32 bits per heavy atom. The van der Waals surface area contributed by atoms with Crippen LogP contribution in [0.15, 0.2) is 54.6 Å². The van der Waals surface area contributed by atoms with Crippen LogP contribution in [0.5, 0.6) is 0 Å². The molecule has 2 aliphatic rings. The summed E-state index contributed by atoms with van der Waals surface area (Å²) in [6.45, 7) is 10.9. The van der Waals surface area contributed by atoms with Gasteiger partial charge in [-0.05, 0) is 50.3 Å². The van der Waals surface area contributed by atoms with Gasteiger partial charge in [-0.3, -0.25) is 9.89 Å². The van der Waals surface area contributed by atoms with Crippen molar-refractivity contribution in [1.82, 2.24) is 20.4 Å². The van der Waals surface area contributed by atoms with Gasteiger partial charge in [0.15, 0.2) is 5.82 Å². The van der Waals surface area contributed by atoms with Gasteiger partial charge >= 0.3 is 12.0 Å². The molecule has 0 bridgehead atoms. The molecule has 3 aromatic rings. The number of aromatic carboxylic acids is 1. The monoisotopic (exact) mass is 573 g/mol. The van der Waals surface area contributed by atoms with Crippen LogP contribution in [0.1, 0.15) is 71.9 Å². The molecule has 0 spiro atoms. The third-order valence-corrected chi connectivity index (χ3v) is 12.8.